The van der Waals surface area contributed by atoms with E-state index in [1.54, 1.807) is 6.20 Å². The van der Waals surface area contributed by atoms with Gasteiger partial charge in [0.2, 0.25) is 5.91 Å². The Labute approximate surface area is 164 Å². The van der Waals surface area contributed by atoms with Crippen LogP contribution in [-0.4, -0.2) is 48.7 Å². The van der Waals surface area contributed by atoms with E-state index in [2.05, 4.69) is 31.4 Å². The molecule has 1 heterocycles. The summed E-state index contributed by atoms with van der Waals surface area (Å²) in [5, 5.41) is 6.27. The van der Waals surface area contributed by atoms with Gasteiger partial charge in [-0.05, 0) is 30.6 Å². The summed E-state index contributed by atoms with van der Waals surface area (Å²) in [6.07, 6.45) is 3.79. The van der Waals surface area contributed by atoms with E-state index in [1.807, 2.05) is 25.7 Å². The van der Waals surface area contributed by atoms with Crippen molar-refractivity contribution < 1.29 is 14.3 Å². The van der Waals surface area contributed by atoms with E-state index in [9.17, 15) is 9.59 Å². The molecular formula is C20H38N4O3. The summed E-state index contributed by atoms with van der Waals surface area (Å²) in [6, 6.07) is -0.453. The first-order valence-electron chi connectivity index (χ1n) is 9.90. The van der Waals surface area contributed by atoms with Crippen molar-refractivity contribution in [2.24, 2.45) is 17.1 Å². The average molecular weight is 383 g/mol. The summed E-state index contributed by atoms with van der Waals surface area (Å²) in [5.41, 5.74) is 6.34. The molecule has 2 amide bonds. The van der Waals surface area contributed by atoms with E-state index in [-0.39, 0.29) is 23.9 Å². The highest BCUT2D eigenvalue weighted by Crippen LogP contribution is 2.28. The Morgan fingerprint density at radius 3 is 2.37 bits per heavy atom. The minimum absolute atomic E-state index is 0.0570. The fraction of sp³-hybridized carbons (Fsp3) is 0.800. The molecule has 0 aromatic carbocycles. The average Bonchev–Trinajstić information content (AvgIpc) is 3.08. The Balaban J connectivity index is 3.04. The molecule has 0 saturated carbocycles. The first-order chi connectivity index (χ1) is 12.6. The summed E-state index contributed by atoms with van der Waals surface area (Å²) >= 11 is 0. The van der Waals surface area contributed by atoms with Gasteiger partial charge in [-0.3, -0.25) is 4.79 Å². The Morgan fingerprint density at radius 1 is 1.30 bits per heavy atom. The van der Waals surface area contributed by atoms with Gasteiger partial charge in [0.25, 0.3) is 0 Å². The lowest BCUT2D eigenvalue weighted by Crippen LogP contribution is -2.58. The number of alkyl carbamates (subject to hydrolysis) is 1. The van der Waals surface area contributed by atoms with Crippen LogP contribution in [0.5, 0.6) is 0 Å². The van der Waals surface area contributed by atoms with Crippen molar-refractivity contribution in [3.63, 3.8) is 0 Å². The molecule has 0 spiro atoms. The third kappa shape index (κ3) is 6.04. The smallest absolute Gasteiger partial charge is 0.407 e. The van der Waals surface area contributed by atoms with Crippen molar-refractivity contribution in [3.8, 4) is 0 Å². The minimum atomic E-state index is -0.641. The van der Waals surface area contributed by atoms with Crippen LogP contribution in [0.4, 0.5) is 4.79 Å². The van der Waals surface area contributed by atoms with Gasteiger partial charge in [-0.15, -0.1) is 0 Å². The molecule has 1 aliphatic heterocycles. The Kier molecular flexibility index (Phi) is 8.44. The maximum atomic E-state index is 13.4. The second-order valence-corrected chi connectivity index (χ2v) is 8.61. The maximum absolute atomic E-state index is 13.4. The molecule has 3 atom stereocenters. The van der Waals surface area contributed by atoms with E-state index in [4.69, 9.17) is 10.5 Å². The normalized spacial score (nSPS) is 20.4. The molecule has 0 aromatic heterocycles. The number of nitrogens with two attached hydrogens (primary N) is 1. The Bertz CT molecular complexity index is 540. The number of ether oxygens (including phenoxy) is 1. The van der Waals surface area contributed by atoms with Crippen LogP contribution in [-0.2, 0) is 9.53 Å². The van der Waals surface area contributed by atoms with Gasteiger partial charge >= 0.3 is 6.09 Å². The van der Waals surface area contributed by atoms with Crippen molar-refractivity contribution in [1.82, 2.24) is 15.5 Å². The first kappa shape index (κ1) is 23.1. The lowest BCUT2D eigenvalue weighted by Gasteiger charge is -2.38. The number of amides is 2. The van der Waals surface area contributed by atoms with E-state index < -0.39 is 17.6 Å². The molecule has 0 bridgehead atoms. The molecule has 0 aromatic rings. The van der Waals surface area contributed by atoms with Crippen molar-refractivity contribution in [2.45, 2.75) is 78.9 Å². The Hall–Kier alpha value is -1.92. The molecule has 0 radical (unpaired) electrons. The highest BCUT2D eigenvalue weighted by molar-refractivity contribution is 5.87. The van der Waals surface area contributed by atoms with E-state index in [0.29, 0.717) is 6.54 Å². The van der Waals surface area contributed by atoms with Crippen LogP contribution in [0.2, 0.25) is 0 Å². The van der Waals surface area contributed by atoms with Gasteiger partial charge < -0.3 is 26.0 Å². The number of carbonyl (C=O) groups is 2. The number of nitrogens with one attached hydrogen (secondary N) is 2. The highest BCUT2D eigenvalue weighted by Gasteiger charge is 2.41. The first-order valence-corrected chi connectivity index (χ1v) is 9.90. The molecule has 1 unspecified atom stereocenters. The lowest BCUT2D eigenvalue weighted by atomic mass is 9.85. The Morgan fingerprint density at radius 2 is 1.93 bits per heavy atom. The van der Waals surface area contributed by atoms with Crippen molar-refractivity contribution in [2.75, 3.05) is 13.7 Å². The zero-order valence-corrected chi connectivity index (χ0v) is 18.0. The third-order valence-corrected chi connectivity index (χ3v) is 5.20. The molecule has 27 heavy (non-hydrogen) atoms. The number of rotatable bonds is 7. The van der Waals surface area contributed by atoms with Crippen LogP contribution in [0.15, 0.2) is 11.9 Å². The zero-order chi connectivity index (χ0) is 20.8. The van der Waals surface area contributed by atoms with Crippen LogP contribution in [0.1, 0.15) is 60.8 Å². The topological polar surface area (TPSA) is 96.7 Å². The van der Waals surface area contributed by atoms with E-state index >= 15 is 0 Å². The standard InChI is InChI=1S/C20H38N4O3/c1-8-14(22-15(12-21)13(2)3)16-10-9-11-24(16)18(25)17(20(4,5)6)23-19(26)27-7/h12-14,16-17,22H,8-11,21H2,1-7H3,(H,23,26)/b15-12-/t14?,16-,17+/m0/s1. The largest absolute Gasteiger partial charge is 0.453 e. The SMILES string of the molecule is CCC(N/C(=C\N)C(C)C)[C@@H]1CCCN1C(=O)[C@@H](NC(=O)OC)C(C)(C)C. The van der Waals surface area contributed by atoms with Crippen molar-refractivity contribution >= 4 is 12.0 Å². The maximum Gasteiger partial charge on any atom is 0.407 e. The molecule has 7 heteroatoms. The van der Waals surface area contributed by atoms with Gasteiger partial charge in [0.15, 0.2) is 0 Å². The molecular weight excluding hydrogens is 344 g/mol. The number of allylic oxidation sites excluding steroid dienone is 1. The number of hydrogen-bond acceptors (Lipinski definition) is 5. The summed E-state index contributed by atoms with van der Waals surface area (Å²) in [6.45, 7) is 12.8. The molecule has 4 N–H and O–H groups in total. The summed E-state index contributed by atoms with van der Waals surface area (Å²) in [7, 11) is 1.31. The van der Waals surface area contributed by atoms with E-state index in [1.165, 1.54) is 7.11 Å². The second kappa shape index (κ2) is 9.85. The molecule has 156 valence electrons. The number of nitrogens with zero attached hydrogens (tertiary/aromatic N) is 1. The van der Waals surface area contributed by atoms with Gasteiger partial charge in [-0.2, -0.15) is 0 Å². The molecule has 1 fully saturated rings. The van der Waals surface area contributed by atoms with Crippen LogP contribution in [0, 0.1) is 11.3 Å². The predicted octanol–water partition coefficient (Wildman–Crippen LogP) is 2.57. The molecule has 1 rings (SSSR count). The molecule has 7 nitrogen and oxygen atoms in total. The third-order valence-electron chi connectivity index (χ3n) is 5.20. The van der Waals surface area contributed by atoms with Gasteiger partial charge in [0.05, 0.1) is 13.2 Å². The fourth-order valence-corrected chi connectivity index (χ4v) is 3.57. The van der Waals surface area contributed by atoms with Crippen LogP contribution in [0.3, 0.4) is 0 Å². The number of methoxy groups -OCH3 is 1. The number of likely N-dealkylation sites (tertiary alicyclic amines) is 1. The van der Waals surface area contributed by atoms with Crippen molar-refractivity contribution in [1.29, 1.82) is 0 Å². The summed E-state index contributed by atoms with van der Waals surface area (Å²) in [5.74, 6) is 0.233. The van der Waals surface area contributed by atoms with Gasteiger partial charge in [0.1, 0.15) is 6.04 Å². The molecule has 1 aliphatic rings. The number of carbonyl (C=O) groups excluding carboxylic acids is 2. The fourth-order valence-electron chi connectivity index (χ4n) is 3.57. The highest BCUT2D eigenvalue weighted by atomic mass is 16.5. The second-order valence-electron chi connectivity index (χ2n) is 8.61. The van der Waals surface area contributed by atoms with Gasteiger partial charge in [-0.25, -0.2) is 4.79 Å². The van der Waals surface area contributed by atoms with E-state index in [0.717, 1.165) is 25.0 Å². The molecule has 0 aliphatic carbocycles. The molecule has 1 saturated heterocycles. The van der Waals surface area contributed by atoms with Crippen LogP contribution >= 0.6 is 0 Å². The van der Waals surface area contributed by atoms with Crippen molar-refractivity contribution in [3.05, 3.63) is 11.9 Å². The quantitative estimate of drug-likeness (QED) is 0.629. The zero-order valence-electron chi connectivity index (χ0n) is 18.0. The minimum Gasteiger partial charge on any atom is -0.453 e. The lowest BCUT2D eigenvalue weighted by molar-refractivity contribution is -0.137. The van der Waals surface area contributed by atoms with Crippen LogP contribution in [0.25, 0.3) is 0 Å². The predicted molar refractivity (Wildman–Crippen MR) is 108 cm³/mol. The van der Waals surface area contributed by atoms with Crippen LogP contribution < -0.4 is 16.4 Å². The summed E-state index contributed by atoms with van der Waals surface area (Å²) < 4.78 is 4.72. The monoisotopic (exact) mass is 382 g/mol. The number of hydrogen-bond donors (Lipinski definition) is 3. The van der Waals surface area contributed by atoms with Gasteiger partial charge in [-0.1, -0.05) is 41.5 Å². The van der Waals surface area contributed by atoms with Gasteiger partial charge in [0, 0.05) is 24.5 Å². The summed E-state index contributed by atoms with van der Waals surface area (Å²) in [4.78, 5) is 27.1.